The van der Waals surface area contributed by atoms with Crippen molar-refractivity contribution in [2.45, 2.75) is 58.4 Å². The van der Waals surface area contributed by atoms with Gasteiger partial charge in [0.15, 0.2) is 0 Å². The molecule has 0 aromatic heterocycles. The van der Waals surface area contributed by atoms with E-state index < -0.39 is 11.4 Å². The van der Waals surface area contributed by atoms with Gasteiger partial charge in [-0.25, -0.2) is 0 Å². The smallest absolute Gasteiger partial charge is 0.303 e. The van der Waals surface area contributed by atoms with Crippen molar-refractivity contribution in [3.05, 3.63) is 0 Å². The molecular weight excluding hydrogens is 268 g/mol. The van der Waals surface area contributed by atoms with Gasteiger partial charge in [0, 0.05) is 25.6 Å². The number of nitrogens with zero attached hydrogens (tertiary/aromatic N) is 2. The maximum Gasteiger partial charge on any atom is 0.303 e. The van der Waals surface area contributed by atoms with E-state index in [2.05, 4.69) is 4.90 Å². The summed E-state index contributed by atoms with van der Waals surface area (Å²) < 4.78 is 0. The summed E-state index contributed by atoms with van der Waals surface area (Å²) in [4.78, 5) is 27.7. The molecule has 2 rings (SSSR count). The lowest BCUT2D eigenvalue weighted by atomic mass is 9.85. The van der Waals surface area contributed by atoms with Crippen LogP contribution in [0.4, 0.5) is 0 Å². The number of hydrogen-bond acceptors (Lipinski definition) is 3. The van der Waals surface area contributed by atoms with Crippen molar-refractivity contribution >= 4 is 11.9 Å². The summed E-state index contributed by atoms with van der Waals surface area (Å²) in [7, 11) is 0. The van der Waals surface area contributed by atoms with E-state index >= 15 is 0 Å². The largest absolute Gasteiger partial charge is 0.481 e. The average molecular weight is 296 g/mol. The van der Waals surface area contributed by atoms with Gasteiger partial charge in [0.2, 0.25) is 5.91 Å². The molecule has 2 aliphatic heterocycles. The minimum atomic E-state index is -0.833. The lowest BCUT2D eigenvalue weighted by Gasteiger charge is -2.37. The molecule has 2 aliphatic rings. The van der Waals surface area contributed by atoms with Gasteiger partial charge in [-0.05, 0) is 44.2 Å². The fourth-order valence-corrected chi connectivity index (χ4v) is 3.58. The third-order valence-electron chi connectivity index (χ3n) is 4.73. The van der Waals surface area contributed by atoms with Gasteiger partial charge in [-0.2, -0.15) is 0 Å². The number of rotatable bonds is 5. The molecule has 0 aliphatic carbocycles. The topological polar surface area (TPSA) is 60.9 Å². The summed E-state index contributed by atoms with van der Waals surface area (Å²) in [6.45, 7) is 7.78. The molecule has 0 saturated carbocycles. The Kier molecular flexibility index (Phi) is 5.25. The van der Waals surface area contributed by atoms with Crippen LogP contribution in [0.1, 0.15) is 52.4 Å². The molecule has 1 N–H and O–H groups in total. The number of piperidine rings is 1. The highest BCUT2D eigenvalue weighted by Crippen LogP contribution is 2.27. The summed E-state index contributed by atoms with van der Waals surface area (Å²) in [6, 6.07) is 0.642. The number of amides is 1. The van der Waals surface area contributed by atoms with Gasteiger partial charge < -0.3 is 14.9 Å². The first kappa shape index (κ1) is 16.3. The van der Waals surface area contributed by atoms with Crippen molar-refractivity contribution in [1.82, 2.24) is 9.80 Å². The summed E-state index contributed by atoms with van der Waals surface area (Å²) in [5, 5.41) is 8.90. The zero-order chi connectivity index (χ0) is 15.5. The molecule has 1 amide bonds. The third-order valence-corrected chi connectivity index (χ3v) is 4.73. The first-order valence-electron chi connectivity index (χ1n) is 8.11. The minimum absolute atomic E-state index is 0.0446. The number of carbonyl (C=O) groups excluding carboxylic acids is 1. The Morgan fingerprint density at radius 3 is 2.14 bits per heavy atom. The molecule has 0 spiro atoms. The molecule has 2 fully saturated rings. The monoisotopic (exact) mass is 296 g/mol. The quantitative estimate of drug-likeness (QED) is 0.842. The van der Waals surface area contributed by atoms with Gasteiger partial charge in [0.1, 0.15) is 0 Å². The third kappa shape index (κ3) is 4.70. The lowest BCUT2D eigenvalue weighted by Crippen LogP contribution is -2.46. The summed E-state index contributed by atoms with van der Waals surface area (Å²) in [5.74, 6) is -0.721. The number of hydrogen-bond donors (Lipinski definition) is 1. The first-order valence-corrected chi connectivity index (χ1v) is 8.11. The van der Waals surface area contributed by atoms with Crippen molar-refractivity contribution in [3.8, 4) is 0 Å². The highest BCUT2D eigenvalue weighted by Gasteiger charge is 2.31. The maximum atomic E-state index is 12.3. The summed E-state index contributed by atoms with van der Waals surface area (Å²) >= 11 is 0. The van der Waals surface area contributed by atoms with E-state index in [0.717, 1.165) is 25.9 Å². The molecule has 2 heterocycles. The van der Waals surface area contributed by atoms with Crippen molar-refractivity contribution in [1.29, 1.82) is 0 Å². The fraction of sp³-hybridized carbons (Fsp3) is 0.875. The molecule has 5 heteroatoms. The highest BCUT2D eigenvalue weighted by molar-refractivity contribution is 5.78. The second-order valence-electron chi connectivity index (χ2n) is 7.27. The van der Waals surface area contributed by atoms with E-state index in [1.165, 1.54) is 25.9 Å². The second kappa shape index (κ2) is 6.77. The van der Waals surface area contributed by atoms with Crippen LogP contribution in [0.2, 0.25) is 0 Å². The zero-order valence-electron chi connectivity index (χ0n) is 13.3. The Morgan fingerprint density at radius 2 is 1.62 bits per heavy atom. The predicted molar refractivity (Wildman–Crippen MR) is 81.1 cm³/mol. The predicted octanol–water partition coefficient (Wildman–Crippen LogP) is 1.96. The Morgan fingerprint density at radius 1 is 1.05 bits per heavy atom. The van der Waals surface area contributed by atoms with Gasteiger partial charge in [-0.3, -0.25) is 9.59 Å². The lowest BCUT2D eigenvalue weighted by molar-refractivity contribution is -0.141. The molecule has 120 valence electrons. The Labute approximate surface area is 127 Å². The summed E-state index contributed by atoms with van der Waals surface area (Å²) in [5.41, 5.74) is -0.464. The van der Waals surface area contributed by atoms with Gasteiger partial charge in [0.25, 0.3) is 0 Å². The van der Waals surface area contributed by atoms with Crippen LogP contribution in [0.15, 0.2) is 0 Å². The van der Waals surface area contributed by atoms with Crippen LogP contribution in [-0.2, 0) is 9.59 Å². The van der Waals surface area contributed by atoms with Crippen molar-refractivity contribution < 1.29 is 14.7 Å². The molecule has 0 aromatic carbocycles. The van der Waals surface area contributed by atoms with Gasteiger partial charge in [0.05, 0.1) is 6.42 Å². The SMILES string of the molecule is CC(C)(CC(=O)O)CC(=O)N1CCC(N2CCCC2)CC1. The van der Waals surface area contributed by atoms with Gasteiger partial charge in [-0.15, -0.1) is 0 Å². The van der Waals surface area contributed by atoms with Crippen LogP contribution < -0.4 is 0 Å². The Balaban J connectivity index is 1.78. The maximum absolute atomic E-state index is 12.3. The number of likely N-dealkylation sites (tertiary alicyclic amines) is 2. The number of carbonyl (C=O) groups is 2. The van der Waals surface area contributed by atoms with Crippen LogP contribution in [0, 0.1) is 5.41 Å². The van der Waals surface area contributed by atoms with E-state index in [9.17, 15) is 9.59 Å². The van der Waals surface area contributed by atoms with Crippen LogP contribution in [-0.4, -0.2) is 59.0 Å². The fourth-order valence-electron chi connectivity index (χ4n) is 3.58. The average Bonchev–Trinajstić information content (AvgIpc) is 2.90. The highest BCUT2D eigenvalue weighted by atomic mass is 16.4. The van der Waals surface area contributed by atoms with E-state index in [-0.39, 0.29) is 12.3 Å². The first-order chi connectivity index (χ1) is 9.87. The van der Waals surface area contributed by atoms with E-state index in [1.54, 1.807) is 0 Å². The molecule has 0 radical (unpaired) electrons. The zero-order valence-corrected chi connectivity index (χ0v) is 13.3. The standard InChI is InChI=1S/C16H28N2O3/c1-16(2,12-15(20)21)11-14(19)18-9-5-13(6-10-18)17-7-3-4-8-17/h13H,3-12H2,1-2H3,(H,20,21). The van der Waals surface area contributed by atoms with E-state index in [4.69, 9.17) is 5.11 Å². The van der Waals surface area contributed by atoms with Crippen molar-refractivity contribution in [3.63, 3.8) is 0 Å². The molecular formula is C16H28N2O3. The van der Waals surface area contributed by atoms with Crippen LogP contribution in [0.25, 0.3) is 0 Å². The second-order valence-corrected chi connectivity index (χ2v) is 7.27. The van der Waals surface area contributed by atoms with E-state index in [0.29, 0.717) is 12.5 Å². The molecule has 2 saturated heterocycles. The van der Waals surface area contributed by atoms with Crippen LogP contribution in [0.5, 0.6) is 0 Å². The summed E-state index contributed by atoms with van der Waals surface area (Å²) in [6.07, 6.45) is 5.11. The molecule has 0 bridgehead atoms. The number of carboxylic acid groups (broad SMARTS) is 1. The normalized spacial score (nSPS) is 21.7. The molecule has 0 atom stereocenters. The van der Waals surface area contributed by atoms with Crippen molar-refractivity contribution in [2.24, 2.45) is 5.41 Å². The molecule has 0 aromatic rings. The van der Waals surface area contributed by atoms with Crippen LogP contribution in [0.3, 0.4) is 0 Å². The van der Waals surface area contributed by atoms with Crippen molar-refractivity contribution in [2.75, 3.05) is 26.2 Å². The number of carboxylic acids is 1. The van der Waals surface area contributed by atoms with Gasteiger partial charge >= 0.3 is 5.97 Å². The molecule has 5 nitrogen and oxygen atoms in total. The Bertz CT molecular complexity index is 381. The minimum Gasteiger partial charge on any atom is -0.481 e. The Hall–Kier alpha value is -1.10. The van der Waals surface area contributed by atoms with Gasteiger partial charge in [-0.1, -0.05) is 13.8 Å². The molecule has 0 unspecified atom stereocenters. The number of aliphatic carboxylic acids is 1. The van der Waals surface area contributed by atoms with E-state index in [1.807, 2.05) is 18.7 Å². The van der Waals surface area contributed by atoms with Crippen LogP contribution >= 0.6 is 0 Å². The molecule has 21 heavy (non-hydrogen) atoms.